The van der Waals surface area contributed by atoms with Crippen molar-refractivity contribution in [2.24, 2.45) is 0 Å². The van der Waals surface area contributed by atoms with E-state index in [1.165, 1.54) is 33.1 Å². The first-order valence-corrected chi connectivity index (χ1v) is 12.2. The average Bonchev–Trinajstić information content (AvgIpc) is 2.79. The largest absolute Gasteiger partial charge is 0.493 e. The Kier molecular flexibility index (Phi) is 7.53. The lowest BCUT2D eigenvalue weighted by Gasteiger charge is -2.16. The number of sulfone groups is 1. The van der Waals surface area contributed by atoms with Crippen LogP contribution >= 0.6 is 11.8 Å². The molecular formula is C25H26O5S2. The highest BCUT2D eigenvalue weighted by molar-refractivity contribution is 8.05. The average molecular weight is 471 g/mol. The molecule has 0 aromatic heterocycles. The van der Waals surface area contributed by atoms with Crippen molar-refractivity contribution in [2.45, 2.75) is 23.6 Å². The van der Waals surface area contributed by atoms with Crippen LogP contribution in [0.4, 0.5) is 0 Å². The van der Waals surface area contributed by atoms with Gasteiger partial charge in [-0.25, -0.2) is 8.42 Å². The summed E-state index contributed by atoms with van der Waals surface area (Å²) in [6, 6.07) is 18.0. The molecule has 0 N–H and O–H groups in total. The molecule has 0 unspecified atom stereocenters. The van der Waals surface area contributed by atoms with Gasteiger partial charge < -0.3 is 14.2 Å². The molecule has 3 aromatic carbocycles. The summed E-state index contributed by atoms with van der Waals surface area (Å²) < 4.78 is 43.6. The molecule has 3 rings (SSSR count). The van der Waals surface area contributed by atoms with Crippen LogP contribution in [0.25, 0.3) is 4.91 Å². The number of ether oxygens (including phenoxy) is 3. The van der Waals surface area contributed by atoms with Crippen LogP contribution in [0.1, 0.15) is 16.7 Å². The third kappa shape index (κ3) is 5.11. The van der Waals surface area contributed by atoms with E-state index in [1.807, 2.05) is 38.1 Å². The molecule has 0 heterocycles. The molecule has 0 radical (unpaired) electrons. The number of aryl methyl sites for hydroxylation is 2. The van der Waals surface area contributed by atoms with E-state index >= 15 is 0 Å². The fourth-order valence-corrected chi connectivity index (χ4v) is 5.59. The minimum atomic E-state index is -3.83. The van der Waals surface area contributed by atoms with Crippen molar-refractivity contribution in [3.05, 3.63) is 82.8 Å². The summed E-state index contributed by atoms with van der Waals surface area (Å²) >= 11 is 1.34. The van der Waals surface area contributed by atoms with Crippen LogP contribution in [-0.2, 0) is 9.84 Å². The minimum Gasteiger partial charge on any atom is -0.493 e. The molecule has 0 atom stereocenters. The summed E-state index contributed by atoms with van der Waals surface area (Å²) in [6.07, 6.45) is 0. The Bertz CT molecular complexity index is 1190. The van der Waals surface area contributed by atoms with Gasteiger partial charge in [0.15, 0.2) is 11.5 Å². The Balaban J connectivity index is 2.19. The Morgan fingerprint density at radius 1 is 0.781 bits per heavy atom. The Labute approximate surface area is 193 Å². The topological polar surface area (TPSA) is 61.8 Å². The predicted molar refractivity (Wildman–Crippen MR) is 129 cm³/mol. The molecule has 0 bridgehead atoms. The van der Waals surface area contributed by atoms with Crippen LogP contribution in [0.2, 0.25) is 0 Å². The van der Waals surface area contributed by atoms with E-state index < -0.39 is 9.84 Å². The second-order valence-corrected chi connectivity index (χ2v) is 10.0. The summed E-state index contributed by atoms with van der Waals surface area (Å²) in [6.45, 7) is 3.92. The molecule has 0 aliphatic rings. The smallest absolute Gasteiger partial charge is 0.207 e. The highest BCUT2D eigenvalue weighted by Gasteiger charge is 2.25. The zero-order valence-corrected chi connectivity index (χ0v) is 20.3. The second-order valence-electron chi connectivity index (χ2n) is 7.14. The van der Waals surface area contributed by atoms with E-state index in [1.54, 1.807) is 41.8 Å². The van der Waals surface area contributed by atoms with Crippen molar-refractivity contribution < 1.29 is 22.6 Å². The maximum absolute atomic E-state index is 13.7. The van der Waals surface area contributed by atoms with Crippen molar-refractivity contribution in [2.75, 3.05) is 21.3 Å². The van der Waals surface area contributed by atoms with E-state index in [0.29, 0.717) is 22.8 Å². The lowest BCUT2D eigenvalue weighted by atomic mass is 10.2. The number of benzene rings is 3. The lowest BCUT2D eigenvalue weighted by molar-refractivity contribution is 0.324. The Morgan fingerprint density at radius 3 is 1.75 bits per heavy atom. The molecule has 168 valence electrons. The first-order chi connectivity index (χ1) is 15.3. The van der Waals surface area contributed by atoms with Gasteiger partial charge in [-0.05, 0) is 55.7 Å². The van der Waals surface area contributed by atoms with Gasteiger partial charge in [0.05, 0.1) is 31.1 Å². The van der Waals surface area contributed by atoms with Gasteiger partial charge in [0.2, 0.25) is 15.6 Å². The number of methoxy groups -OCH3 is 3. The number of hydrogen-bond acceptors (Lipinski definition) is 6. The Hall–Kier alpha value is -2.90. The summed E-state index contributed by atoms with van der Waals surface area (Å²) in [7, 11) is 0.677. The maximum atomic E-state index is 13.7. The van der Waals surface area contributed by atoms with Gasteiger partial charge >= 0.3 is 0 Å². The van der Waals surface area contributed by atoms with Gasteiger partial charge in [0.1, 0.15) is 0 Å². The van der Waals surface area contributed by atoms with Crippen LogP contribution in [0.3, 0.4) is 0 Å². The zero-order valence-electron chi connectivity index (χ0n) is 18.7. The van der Waals surface area contributed by atoms with Gasteiger partial charge in [-0.1, -0.05) is 47.2 Å². The van der Waals surface area contributed by atoms with Crippen LogP contribution in [0, 0.1) is 13.8 Å². The summed E-state index contributed by atoms with van der Waals surface area (Å²) in [5, 5.41) is 1.65. The fourth-order valence-electron chi connectivity index (χ4n) is 3.09. The van der Waals surface area contributed by atoms with Crippen LogP contribution in [0.5, 0.6) is 17.2 Å². The third-order valence-electron chi connectivity index (χ3n) is 4.89. The summed E-state index contributed by atoms with van der Waals surface area (Å²) in [5.74, 6) is 1.16. The molecule has 32 heavy (non-hydrogen) atoms. The third-order valence-corrected chi connectivity index (χ3v) is 7.77. The van der Waals surface area contributed by atoms with E-state index in [9.17, 15) is 8.42 Å². The maximum Gasteiger partial charge on any atom is 0.207 e. The molecule has 0 saturated carbocycles. The van der Waals surface area contributed by atoms with E-state index in [4.69, 9.17) is 14.2 Å². The van der Waals surface area contributed by atoms with Crippen LogP contribution in [0.15, 0.2) is 75.9 Å². The SMILES string of the molecule is COc1cc(/C(=C\Sc2ccc(C)cc2)S(=O)(=O)c2ccc(C)cc2)cc(OC)c1OC. The molecule has 5 nitrogen and oxygen atoms in total. The first kappa shape index (κ1) is 23.8. The minimum absolute atomic E-state index is 0.145. The van der Waals surface area contributed by atoms with Gasteiger partial charge in [-0.3, -0.25) is 0 Å². The van der Waals surface area contributed by atoms with Crippen molar-refractivity contribution >= 4 is 26.5 Å². The lowest BCUT2D eigenvalue weighted by Crippen LogP contribution is -2.05. The molecule has 0 saturated heterocycles. The standard InChI is InChI=1S/C25H26O5S2/c1-17-6-10-20(11-7-17)31-16-24(32(26,27)21-12-8-18(2)9-13-21)19-14-22(28-3)25(30-5)23(15-19)29-4/h6-16H,1-5H3/b24-16+. The molecule has 0 aliphatic carbocycles. The van der Waals surface area contributed by atoms with Gasteiger partial charge in [0.25, 0.3) is 0 Å². The number of hydrogen-bond donors (Lipinski definition) is 0. The molecule has 0 aliphatic heterocycles. The van der Waals surface area contributed by atoms with Crippen molar-refractivity contribution in [1.82, 2.24) is 0 Å². The van der Waals surface area contributed by atoms with E-state index in [0.717, 1.165) is 16.0 Å². The summed E-state index contributed by atoms with van der Waals surface area (Å²) in [5.41, 5.74) is 2.56. The normalized spacial score (nSPS) is 11.8. The monoisotopic (exact) mass is 470 g/mol. The summed E-state index contributed by atoms with van der Waals surface area (Å²) in [4.78, 5) is 1.29. The van der Waals surface area contributed by atoms with Crippen molar-refractivity contribution in [3.8, 4) is 17.2 Å². The van der Waals surface area contributed by atoms with Gasteiger partial charge in [-0.15, -0.1) is 0 Å². The highest BCUT2D eigenvalue weighted by atomic mass is 32.2. The molecule has 0 amide bonds. The molecular weight excluding hydrogens is 444 g/mol. The van der Waals surface area contributed by atoms with E-state index in [-0.39, 0.29) is 9.80 Å². The number of rotatable bonds is 8. The quantitative estimate of drug-likeness (QED) is 0.382. The molecule has 7 heteroatoms. The van der Waals surface area contributed by atoms with Crippen molar-refractivity contribution in [3.63, 3.8) is 0 Å². The highest BCUT2D eigenvalue weighted by Crippen LogP contribution is 2.42. The van der Waals surface area contributed by atoms with E-state index in [2.05, 4.69) is 0 Å². The van der Waals surface area contributed by atoms with Crippen molar-refractivity contribution in [1.29, 1.82) is 0 Å². The molecule has 3 aromatic rings. The first-order valence-electron chi connectivity index (χ1n) is 9.85. The molecule has 0 spiro atoms. The van der Waals surface area contributed by atoms with Gasteiger partial charge in [0, 0.05) is 10.5 Å². The number of thioether (sulfide) groups is 1. The van der Waals surface area contributed by atoms with Crippen LogP contribution < -0.4 is 14.2 Å². The second kappa shape index (κ2) is 10.1. The van der Waals surface area contributed by atoms with Crippen LogP contribution in [-0.4, -0.2) is 29.7 Å². The van der Waals surface area contributed by atoms with Gasteiger partial charge in [-0.2, -0.15) is 0 Å². The predicted octanol–water partition coefficient (Wildman–Crippen LogP) is 5.89. The Morgan fingerprint density at radius 2 is 1.28 bits per heavy atom. The zero-order chi connectivity index (χ0) is 23.3. The fraction of sp³-hybridized carbons (Fsp3) is 0.200. The molecule has 0 fully saturated rings.